The highest BCUT2D eigenvalue weighted by atomic mass is 35.5. The third-order valence-corrected chi connectivity index (χ3v) is 5.99. The number of ether oxygens (including phenoxy) is 2. The van der Waals surface area contributed by atoms with E-state index in [2.05, 4.69) is 33.4 Å². The van der Waals surface area contributed by atoms with Gasteiger partial charge in [-0.2, -0.15) is 10.2 Å². The molecule has 1 N–H and O–H groups in total. The number of piperidine rings is 1. The van der Waals surface area contributed by atoms with Crippen LogP contribution in [-0.4, -0.2) is 36.6 Å². The summed E-state index contributed by atoms with van der Waals surface area (Å²) in [6.07, 6.45) is 3.63. The molecule has 4 rings (SSSR count). The molecule has 8 heteroatoms. The van der Waals surface area contributed by atoms with Crippen molar-refractivity contribution in [2.75, 3.05) is 32.1 Å². The first kappa shape index (κ1) is 23.0. The topological polar surface area (TPSA) is 83.5 Å². The largest absolute Gasteiger partial charge is 0.497 e. The highest BCUT2D eigenvalue weighted by molar-refractivity contribution is 6.30. The number of nitriles is 1. The van der Waals surface area contributed by atoms with Gasteiger partial charge in [-0.3, -0.25) is 4.90 Å². The molecule has 2 aromatic carbocycles. The Morgan fingerprint density at radius 2 is 1.79 bits per heavy atom. The van der Waals surface area contributed by atoms with Gasteiger partial charge in [0.15, 0.2) is 6.61 Å². The number of halogens is 1. The summed E-state index contributed by atoms with van der Waals surface area (Å²) in [5, 5.41) is 13.5. The zero-order valence-electron chi connectivity index (χ0n) is 18.6. The Morgan fingerprint density at radius 1 is 1.09 bits per heavy atom. The Morgan fingerprint density at radius 3 is 2.45 bits per heavy atom. The summed E-state index contributed by atoms with van der Waals surface area (Å²) in [5.41, 5.74) is 1.41. The summed E-state index contributed by atoms with van der Waals surface area (Å²) < 4.78 is 16.8. The zero-order valence-corrected chi connectivity index (χ0v) is 19.3. The maximum atomic E-state index is 9.54. The van der Waals surface area contributed by atoms with Crippen molar-refractivity contribution in [3.05, 3.63) is 70.7 Å². The number of likely N-dealkylation sites (tertiary alicyclic amines) is 1. The molecule has 0 radical (unpaired) electrons. The summed E-state index contributed by atoms with van der Waals surface area (Å²) in [7, 11) is 1.67. The number of hydrogen-bond acceptors (Lipinski definition) is 7. The maximum Gasteiger partial charge on any atom is 0.236 e. The Balaban J connectivity index is 1.46. The molecule has 2 heterocycles. The van der Waals surface area contributed by atoms with Gasteiger partial charge < -0.3 is 19.2 Å². The molecule has 0 spiro atoms. The van der Waals surface area contributed by atoms with E-state index in [1.807, 2.05) is 12.1 Å². The quantitative estimate of drug-likeness (QED) is 0.450. The molecule has 1 unspecified atom stereocenters. The Kier molecular flexibility index (Phi) is 7.71. The summed E-state index contributed by atoms with van der Waals surface area (Å²) in [5.74, 6) is 2.18. The molecule has 0 aliphatic carbocycles. The van der Waals surface area contributed by atoms with Crippen LogP contribution in [0.15, 0.2) is 52.9 Å². The van der Waals surface area contributed by atoms with Gasteiger partial charge >= 0.3 is 0 Å². The molecule has 172 valence electrons. The third-order valence-electron chi connectivity index (χ3n) is 5.74. The number of nitrogens with one attached hydrogen (secondary N) is 1. The number of benzene rings is 2. The fourth-order valence-corrected chi connectivity index (χ4v) is 4.13. The highest BCUT2D eigenvalue weighted by Crippen LogP contribution is 2.28. The zero-order chi connectivity index (χ0) is 23.0. The van der Waals surface area contributed by atoms with Crippen LogP contribution in [0.1, 0.15) is 42.5 Å². The molecular weight excluding hydrogens is 440 g/mol. The molecule has 1 aliphatic heterocycles. The van der Waals surface area contributed by atoms with Crippen LogP contribution < -0.4 is 14.8 Å². The van der Waals surface area contributed by atoms with E-state index in [4.69, 9.17) is 25.5 Å². The Hall–Kier alpha value is -3.21. The van der Waals surface area contributed by atoms with Crippen molar-refractivity contribution in [2.24, 2.45) is 0 Å². The van der Waals surface area contributed by atoms with Crippen LogP contribution >= 0.6 is 11.6 Å². The van der Waals surface area contributed by atoms with E-state index in [1.54, 1.807) is 31.4 Å². The summed E-state index contributed by atoms with van der Waals surface area (Å²) in [6, 6.07) is 17.4. The minimum absolute atomic E-state index is 0.117. The number of methoxy groups -OCH3 is 1. The van der Waals surface area contributed by atoms with Crippen molar-refractivity contribution in [3.63, 3.8) is 0 Å². The number of anilines is 1. The molecule has 1 saturated heterocycles. The van der Waals surface area contributed by atoms with E-state index in [0.717, 1.165) is 18.8 Å². The summed E-state index contributed by atoms with van der Waals surface area (Å²) >= 11 is 5.91. The second-order valence-electron chi connectivity index (χ2n) is 7.91. The molecule has 1 aliphatic rings. The lowest BCUT2D eigenvalue weighted by atomic mass is 10.0. The molecule has 7 nitrogen and oxygen atoms in total. The minimum Gasteiger partial charge on any atom is -0.497 e. The van der Waals surface area contributed by atoms with E-state index >= 15 is 0 Å². The Labute approximate surface area is 198 Å². The third kappa shape index (κ3) is 5.98. The van der Waals surface area contributed by atoms with Gasteiger partial charge in [0.05, 0.1) is 13.2 Å². The predicted molar refractivity (Wildman–Crippen MR) is 127 cm³/mol. The normalized spacial score (nSPS) is 14.9. The van der Waals surface area contributed by atoms with Crippen molar-refractivity contribution in [1.29, 1.82) is 5.26 Å². The standard InChI is InChI=1S/C25H27ClN4O3/c1-31-20-9-5-18(6-10-20)23(30-13-3-2-4-14-30)16-28-25-22(15-27)29-24(33-25)17-32-21-11-7-19(26)8-12-21/h5-12,23,28H,2-4,13-14,16-17H2,1H3. The van der Waals surface area contributed by atoms with Crippen LogP contribution in [0, 0.1) is 11.3 Å². The number of aromatic nitrogens is 1. The SMILES string of the molecule is COc1ccc(C(CNc2oc(COc3ccc(Cl)cc3)nc2C#N)N2CCCCC2)cc1. The highest BCUT2D eigenvalue weighted by Gasteiger charge is 2.24. The molecular formula is C25H27ClN4O3. The monoisotopic (exact) mass is 466 g/mol. The van der Waals surface area contributed by atoms with Crippen molar-refractivity contribution in [2.45, 2.75) is 31.9 Å². The lowest BCUT2D eigenvalue weighted by molar-refractivity contribution is 0.170. The minimum atomic E-state index is 0.117. The fourth-order valence-electron chi connectivity index (χ4n) is 4.00. The van der Waals surface area contributed by atoms with Crippen LogP contribution in [0.3, 0.4) is 0 Å². The van der Waals surface area contributed by atoms with Crippen LogP contribution in [0.2, 0.25) is 5.02 Å². The van der Waals surface area contributed by atoms with Crippen LogP contribution in [0.5, 0.6) is 11.5 Å². The van der Waals surface area contributed by atoms with Crippen LogP contribution in [0.25, 0.3) is 0 Å². The van der Waals surface area contributed by atoms with Crippen molar-refractivity contribution in [3.8, 4) is 17.6 Å². The molecule has 0 amide bonds. The van der Waals surface area contributed by atoms with E-state index in [0.29, 0.717) is 29.1 Å². The first-order valence-electron chi connectivity index (χ1n) is 11.1. The van der Waals surface area contributed by atoms with Gasteiger partial charge in [0.2, 0.25) is 17.5 Å². The van der Waals surface area contributed by atoms with Gasteiger partial charge in [-0.1, -0.05) is 30.2 Å². The molecule has 1 aromatic heterocycles. The summed E-state index contributed by atoms with van der Waals surface area (Å²) in [4.78, 5) is 6.75. The number of rotatable bonds is 9. The van der Waals surface area contributed by atoms with Crippen molar-refractivity contribution in [1.82, 2.24) is 9.88 Å². The van der Waals surface area contributed by atoms with Crippen molar-refractivity contribution >= 4 is 17.5 Å². The number of nitrogens with zero attached hydrogens (tertiary/aromatic N) is 3. The molecule has 1 atom stereocenters. The molecule has 1 fully saturated rings. The van der Waals surface area contributed by atoms with Gasteiger partial charge in [0.25, 0.3) is 0 Å². The first-order chi connectivity index (χ1) is 16.2. The molecule has 0 saturated carbocycles. The average molecular weight is 467 g/mol. The van der Waals surface area contributed by atoms with E-state index in [1.165, 1.54) is 24.8 Å². The van der Waals surface area contributed by atoms with Gasteiger partial charge in [0.1, 0.15) is 17.6 Å². The van der Waals surface area contributed by atoms with Gasteiger partial charge in [-0.15, -0.1) is 0 Å². The van der Waals surface area contributed by atoms with Gasteiger partial charge in [-0.05, 0) is 67.9 Å². The van der Waals surface area contributed by atoms with E-state index < -0.39 is 0 Å². The smallest absolute Gasteiger partial charge is 0.236 e. The lowest BCUT2D eigenvalue weighted by Gasteiger charge is -2.35. The second-order valence-corrected chi connectivity index (χ2v) is 8.34. The molecule has 33 heavy (non-hydrogen) atoms. The summed E-state index contributed by atoms with van der Waals surface area (Å²) in [6.45, 7) is 2.79. The second kappa shape index (κ2) is 11.1. The van der Waals surface area contributed by atoms with Crippen LogP contribution in [0.4, 0.5) is 5.88 Å². The number of oxazole rings is 1. The predicted octanol–water partition coefficient (Wildman–Crippen LogP) is 5.43. The lowest BCUT2D eigenvalue weighted by Crippen LogP contribution is -2.37. The molecule has 3 aromatic rings. The Bertz CT molecular complexity index is 1070. The average Bonchev–Trinajstić information content (AvgIpc) is 3.27. The van der Waals surface area contributed by atoms with E-state index in [9.17, 15) is 5.26 Å². The first-order valence-corrected chi connectivity index (χ1v) is 11.4. The van der Waals surface area contributed by atoms with Gasteiger partial charge in [0, 0.05) is 11.6 Å². The fraction of sp³-hybridized carbons (Fsp3) is 0.360. The van der Waals surface area contributed by atoms with Gasteiger partial charge in [-0.25, -0.2) is 0 Å². The molecule has 0 bridgehead atoms. The maximum absolute atomic E-state index is 9.54. The van der Waals surface area contributed by atoms with Crippen molar-refractivity contribution < 1.29 is 13.9 Å². The van der Waals surface area contributed by atoms with Crippen LogP contribution in [-0.2, 0) is 6.61 Å². The number of hydrogen-bond donors (Lipinski definition) is 1. The van der Waals surface area contributed by atoms with E-state index in [-0.39, 0.29) is 18.3 Å².